The third kappa shape index (κ3) is 4.43. The SMILES string of the molecule is O=C(Cc1ccccc1[N+](=O)[O-])N1CCC(Oc2ccc(-n3cccn3)nn2)CC1. The molecule has 0 unspecified atom stereocenters. The maximum absolute atomic E-state index is 12.6. The van der Waals surface area contributed by atoms with Gasteiger partial charge in [0.05, 0.1) is 11.3 Å². The summed E-state index contributed by atoms with van der Waals surface area (Å²) in [6, 6.07) is 11.7. The molecule has 1 aliphatic rings. The lowest BCUT2D eigenvalue weighted by Crippen LogP contribution is -2.42. The third-order valence-electron chi connectivity index (χ3n) is 4.98. The van der Waals surface area contributed by atoms with Gasteiger partial charge in [-0.25, -0.2) is 4.68 Å². The molecule has 3 aromatic rings. The van der Waals surface area contributed by atoms with Crippen LogP contribution in [0.2, 0.25) is 0 Å². The van der Waals surface area contributed by atoms with E-state index in [1.807, 2.05) is 0 Å². The largest absolute Gasteiger partial charge is 0.473 e. The molecule has 10 nitrogen and oxygen atoms in total. The van der Waals surface area contributed by atoms with E-state index in [-0.39, 0.29) is 24.1 Å². The highest BCUT2D eigenvalue weighted by atomic mass is 16.6. The van der Waals surface area contributed by atoms with Crippen LogP contribution in [0.4, 0.5) is 5.69 Å². The first kappa shape index (κ1) is 19.5. The van der Waals surface area contributed by atoms with Crippen LogP contribution in [-0.4, -0.2) is 54.9 Å². The van der Waals surface area contributed by atoms with Crippen LogP contribution in [0, 0.1) is 10.1 Å². The molecule has 0 N–H and O–H groups in total. The Labute approximate surface area is 172 Å². The molecular weight excluding hydrogens is 388 g/mol. The van der Waals surface area contributed by atoms with Crippen LogP contribution in [0.25, 0.3) is 5.82 Å². The molecule has 154 valence electrons. The predicted molar refractivity (Wildman–Crippen MR) is 106 cm³/mol. The van der Waals surface area contributed by atoms with Crippen molar-refractivity contribution in [2.75, 3.05) is 13.1 Å². The van der Waals surface area contributed by atoms with E-state index >= 15 is 0 Å². The van der Waals surface area contributed by atoms with Gasteiger partial charge in [0.15, 0.2) is 5.82 Å². The lowest BCUT2D eigenvalue weighted by molar-refractivity contribution is -0.385. The molecule has 1 aromatic carbocycles. The highest BCUT2D eigenvalue weighted by Gasteiger charge is 2.26. The maximum atomic E-state index is 12.6. The summed E-state index contributed by atoms with van der Waals surface area (Å²) in [7, 11) is 0. The second kappa shape index (κ2) is 8.68. The smallest absolute Gasteiger partial charge is 0.273 e. The van der Waals surface area contributed by atoms with Gasteiger partial charge in [0.25, 0.3) is 5.69 Å². The van der Waals surface area contributed by atoms with Gasteiger partial charge in [-0.2, -0.15) is 5.10 Å². The van der Waals surface area contributed by atoms with Crippen molar-refractivity contribution in [2.45, 2.75) is 25.4 Å². The Bertz CT molecular complexity index is 1010. The van der Waals surface area contributed by atoms with Crippen LogP contribution in [0.3, 0.4) is 0 Å². The number of para-hydroxylation sites is 1. The van der Waals surface area contributed by atoms with Gasteiger partial charge in [0.1, 0.15) is 6.10 Å². The lowest BCUT2D eigenvalue weighted by atomic mass is 10.1. The summed E-state index contributed by atoms with van der Waals surface area (Å²) in [5.74, 6) is 0.907. The maximum Gasteiger partial charge on any atom is 0.273 e. The van der Waals surface area contributed by atoms with Crippen LogP contribution < -0.4 is 4.74 Å². The number of nitro groups is 1. The number of nitrogens with zero attached hydrogens (tertiary/aromatic N) is 6. The van der Waals surface area contributed by atoms with E-state index in [9.17, 15) is 14.9 Å². The summed E-state index contributed by atoms with van der Waals surface area (Å²) in [4.78, 5) is 25.0. The predicted octanol–water partition coefficient (Wildman–Crippen LogP) is 2.18. The highest BCUT2D eigenvalue weighted by Crippen LogP contribution is 2.21. The molecule has 3 heterocycles. The van der Waals surface area contributed by atoms with E-state index in [2.05, 4.69) is 15.3 Å². The van der Waals surface area contributed by atoms with Crippen LogP contribution >= 0.6 is 0 Å². The molecule has 0 bridgehead atoms. The molecule has 0 spiro atoms. The first-order valence-electron chi connectivity index (χ1n) is 9.60. The Hall–Kier alpha value is -3.82. The van der Waals surface area contributed by atoms with E-state index in [1.54, 1.807) is 58.4 Å². The topological polar surface area (TPSA) is 116 Å². The van der Waals surface area contributed by atoms with Crippen molar-refractivity contribution in [3.8, 4) is 11.7 Å². The second-order valence-electron chi connectivity index (χ2n) is 6.94. The number of carbonyl (C=O) groups is 1. The molecule has 1 amide bonds. The van der Waals surface area contributed by atoms with E-state index in [1.165, 1.54) is 6.07 Å². The molecule has 0 saturated carbocycles. The van der Waals surface area contributed by atoms with Crippen molar-refractivity contribution >= 4 is 11.6 Å². The molecular formula is C20H20N6O4. The average Bonchev–Trinajstić information content (AvgIpc) is 3.30. The molecule has 0 atom stereocenters. The van der Waals surface area contributed by atoms with Crippen LogP contribution in [0.1, 0.15) is 18.4 Å². The average molecular weight is 408 g/mol. The lowest BCUT2D eigenvalue weighted by Gasteiger charge is -2.32. The Morgan fingerprint density at radius 2 is 1.93 bits per heavy atom. The Balaban J connectivity index is 1.30. The number of aromatic nitrogens is 4. The molecule has 2 aromatic heterocycles. The number of hydrogen-bond donors (Lipinski definition) is 0. The zero-order chi connectivity index (χ0) is 20.9. The monoisotopic (exact) mass is 408 g/mol. The minimum atomic E-state index is -0.457. The van der Waals surface area contributed by atoms with E-state index in [0.717, 1.165) is 0 Å². The Morgan fingerprint density at radius 1 is 1.13 bits per heavy atom. The number of amides is 1. The summed E-state index contributed by atoms with van der Waals surface area (Å²) in [6.45, 7) is 1.06. The van der Waals surface area contributed by atoms with E-state index in [0.29, 0.717) is 43.2 Å². The first-order valence-corrected chi connectivity index (χ1v) is 9.60. The number of benzene rings is 1. The standard InChI is InChI=1S/C20H20N6O4/c27-20(14-15-4-1-2-5-17(15)26(28)29)24-12-8-16(9-13-24)30-19-7-6-18(22-23-19)25-11-3-10-21-25/h1-7,10-11,16H,8-9,12-14H2. The molecule has 30 heavy (non-hydrogen) atoms. The molecule has 0 aliphatic carbocycles. The van der Waals surface area contributed by atoms with Gasteiger partial charge in [-0.1, -0.05) is 18.2 Å². The second-order valence-corrected chi connectivity index (χ2v) is 6.94. The van der Waals surface area contributed by atoms with Gasteiger partial charge in [-0.05, 0) is 12.1 Å². The molecule has 4 rings (SSSR count). The number of carbonyl (C=O) groups excluding carboxylic acids is 1. The fourth-order valence-electron chi connectivity index (χ4n) is 3.41. The van der Waals surface area contributed by atoms with Gasteiger partial charge in [-0.3, -0.25) is 14.9 Å². The van der Waals surface area contributed by atoms with Crippen molar-refractivity contribution in [1.29, 1.82) is 0 Å². The summed E-state index contributed by atoms with van der Waals surface area (Å²) in [5, 5.41) is 23.4. The number of piperidine rings is 1. The molecule has 10 heteroatoms. The van der Waals surface area contributed by atoms with Crippen molar-refractivity contribution in [1.82, 2.24) is 24.9 Å². The van der Waals surface area contributed by atoms with Crippen LogP contribution in [0.5, 0.6) is 5.88 Å². The Morgan fingerprint density at radius 3 is 2.60 bits per heavy atom. The summed E-state index contributed by atoms with van der Waals surface area (Å²) in [5.41, 5.74) is 0.402. The molecule has 1 saturated heterocycles. The number of rotatable bonds is 6. The summed E-state index contributed by atoms with van der Waals surface area (Å²) in [6.07, 6.45) is 4.71. The van der Waals surface area contributed by atoms with Crippen molar-refractivity contribution in [3.63, 3.8) is 0 Å². The highest BCUT2D eigenvalue weighted by molar-refractivity contribution is 5.80. The fourth-order valence-corrected chi connectivity index (χ4v) is 3.41. The van der Waals surface area contributed by atoms with Crippen LogP contribution in [0.15, 0.2) is 54.9 Å². The molecule has 1 aliphatic heterocycles. The minimum absolute atomic E-state index is 0.0169. The summed E-state index contributed by atoms with van der Waals surface area (Å²) >= 11 is 0. The number of nitro benzene ring substituents is 1. The first-order chi connectivity index (χ1) is 14.6. The number of likely N-dealkylation sites (tertiary alicyclic amines) is 1. The zero-order valence-electron chi connectivity index (χ0n) is 16.1. The minimum Gasteiger partial charge on any atom is -0.473 e. The number of ether oxygens (including phenoxy) is 1. The van der Waals surface area contributed by atoms with Crippen molar-refractivity contribution in [3.05, 3.63) is 70.5 Å². The molecule has 0 radical (unpaired) electrons. The fraction of sp³-hybridized carbons (Fsp3) is 0.300. The van der Waals surface area contributed by atoms with Gasteiger partial charge in [0.2, 0.25) is 11.8 Å². The van der Waals surface area contributed by atoms with Crippen LogP contribution in [-0.2, 0) is 11.2 Å². The van der Waals surface area contributed by atoms with Crippen molar-refractivity contribution < 1.29 is 14.5 Å². The van der Waals surface area contributed by atoms with Crippen molar-refractivity contribution in [2.24, 2.45) is 0 Å². The van der Waals surface area contributed by atoms with Gasteiger partial charge in [-0.15, -0.1) is 10.2 Å². The van der Waals surface area contributed by atoms with E-state index in [4.69, 9.17) is 4.74 Å². The Kier molecular flexibility index (Phi) is 5.64. The quantitative estimate of drug-likeness (QED) is 0.453. The molecule has 1 fully saturated rings. The van der Waals surface area contributed by atoms with Gasteiger partial charge >= 0.3 is 0 Å². The normalized spacial score (nSPS) is 14.5. The third-order valence-corrected chi connectivity index (χ3v) is 4.98. The summed E-state index contributed by atoms with van der Waals surface area (Å²) < 4.78 is 7.50. The van der Waals surface area contributed by atoms with Gasteiger partial charge in [0, 0.05) is 56.0 Å². The van der Waals surface area contributed by atoms with Gasteiger partial charge < -0.3 is 9.64 Å². The van der Waals surface area contributed by atoms with E-state index < -0.39 is 4.92 Å². The zero-order valence-corrected chi connectivity index (χ0v) is 16.1. The number of hydrogen-bond acceptors (Lipinski definition) is 7.